The molecule has 12 nitrogen and oxygen atoms in total. The van der Waals surface area contributed by atoms with Crippen LogP contribution in [0.15, 0.2) is 0 Å². The number of aliphatic hydroxyl groups is 1. The van der Waals surface area contributed by atoms with Crippen molar-refractivity contribution in [2.75, 3.05) is 19.7 Å². The SMILES string of the molecule is CCC(C)C(NC(=O)C(CCCCN)NC(=O)C(N)CCCCN)C(=O)NC(CO)C(=O)O. The zero-order valence-electron chi connectivity index (χ0n) is 19.7. The summed E-state index contributed by atoms with van der Waals surface area (Å²) in [5.74, 6) is -3.51. The summed E-state index contributed by atoms with van der Waals surface area (Å²) in [7, 11) is 0. The van der Waals surface area contributed by atoms with E-state index in [0.717, 1.165) is 6.42 Å². The second kappa shape index (κ2) is 17.2. The van der Waals surface area contributed by atoms with E-state index in [1.165, 1.54) is 0 Å². The molecule has 33 heavy (non-hydrogen) atoms. The third-order valence-corrected chi connectivity index (χ3v) is 5.48. The smallest absolute Gasteiger partial charge is 0.328 e. The topological polar surface area (TPSA) is 223 Å². The van der Waals surface area contributed by atoms with Gasteiger partial charge in [-0.2, -0.15) is 0 Å². The minimum Gasteiger partial charge on any atom is -0.480 e. The van der Waals surface area contributed by atoms with Crippen molar-refractivity contribution >= 4 is 23.7 Å². The molecular formula is C21H42N6O6. The molecule has 0 aromatic carbocycles. The molecule has 0 aliphatic heterocycles. The predicted molar refractivity (Wildman–Crippen MR) is 124 cm³/mol. The highest BCUT2D eigenvalue weighted by Crippen LogP contribution is 2.11. The third kappa shape index (κ3) is 11.9. The Balaban J connectivity index is 5.39. The van der Waals surface area contributed by atoms with Gasteiger partial charge >= 0.3 is 5.97 Å². The summed E-state index contributed by atoms with van der Waals surface area (Å²) in [6.07, 6.45) is 3.88. The summed E-state index contributed by atoms with van der Waals surface area (Å²) in [4.78, 5) is 49.4. The maximum atomic E-state index is 13.0. The van der Waals surface area contributed by atoms with E-state index in [1.54, 1.807) is 6.92 Å². The number of aliphatic hydroxyl groups excluding tert-OH is 1. The van der Waals surface area contributed by atoms with Crippen LogP contribution >= 0.6 is 0 Å². The number of carboxylic acid groups (broad SMARTS) is 1. The molecule has 0 bridgehead atoms. The number of hydrogen-bond donors (Lipinski definition) is 8. The number of carbonyl (C=O) groups excluding carboxylic acids is 3. The number of carboxylic acids is 1. The average Bonchev–Trinajstić information content (AvgIpc) is 2.79. The highest BCUT2D eigenvalue weighted by atomic mass is 16.4. The van der Waals surface area contributed by atoms with Crippen molar-refractivity contribution in [2.45, 2.75) is 83.0 Å². The van der Waals surface area contributed by atoms with Gasteiger partial charge in [0.15, 0.2) is 0 Å². The Kier molecular flexibility index (Phi) is 16.0. The predicted octanol–water partition coefficient (Wildman–Crippen LogP) is -1.85. The van der Waals surface area contributed by atoms with E-state index in [0.29, 0.717) is 51.6 Å². The minimum absolute atomic E-state index is 0.299. The van der Waals surface area contributed by atoms with Crippen LogP contribution in [0.25, 0.3) is 0 Å². The molecule has 11 N–H and O–H groups in total. The normalized spacial score (nSPS) is 15.6. The van der Waals surface area contributed by atoms with Crippen molar-refractivity contribution in [3.63, 3.8) is 0 Å². The van der Waals surface area contributed by atoms with Gasteiger partial charge in [0.25, 0.3) is 0 Å². The van der Waals surface area contributed by atoms with Crippen LogP contribution < -0.4 is 33.2 Å². The van der Waals surface area contributed by atoms with Crippen molar-refractivity contribution in [1.82, 2.24) is 16.0 Å². The van der Waals surface area contributed by atoms with E-state index >= 15 is 0 Å². The van der Waals surface area contributed by atoms with Gasteiger partial charge < -0.3 is 43.4 Å². The Morgan fingerprint density at radius 1 is 0.818 bits per heavy atom. The van der Waals surface area contributed by atoms with E-state index in [4.69, 9.17) is 22.3 Å². The maximum Gasteiger partial charge on any atom is 0.328 e. The molecule has 0 aromatic rings. The van der Waals surface area contributed by atoms with Crippen LogP contribution in [-0.4, -0.2) is 77.8 Å². The van der Waals surface area contributed by atoms with Gasteiger partial charge in [0.05, 0.1) is 12.6 Å². The highest BCUT2D eigenvalue weighted by Gasteiger charge is 2.32. The molecule has 12 heteroatoms. The number of hydrogen-bond acceptors (Lipinski definition) is 8. The van der Waals surface area contributed by atoms with E-state index in [-0.39, 0.29) is 5.92 Å². The van der Waals surface area contributed by atoms with Crippen LogP contribution in [-0.2, 0) is 19.2 Å². The van der Waals surface area contributed by atoms with E-state index in [2.05, 4.69) is 16.0 Å². The van der Waals surface area contributed by atoms with Gasteiger partial charge in [-0.3, -0.25) is 14.4 Å². The lowest BCUT2D eigenvalue weighted by molar-refractivity contribution is -0.143. The molecule has 0 spiro atoms. The number of carbonyl (C=O) groups is 4. The molecule has 0 aliphatic carbocycles. The Morgan fingerprint density at radius 3 is 1.85 bits per heavy atom. The zero-order valence-corrected chi connectivity index (χ0v) is 19.7. The van der Waals surface area contributed by atoms with Crippen LogP contribution in [0, 0.1) is 5.92 Å². The monoisotopic (exact) mass is 474 g/mol. The molecule has 0 radical (unpaired) electrons. The molecule has 5 atom stereocenters. The fourth-order valence-corrected chi connectivity index (χ4v) is 3.08. The van der Waals surface area contributed by atoms with Crippen LogP contribution in [0.2, 0.25) is 0 Å². The average molecular weight is 475 g/mol. The fourth-order valence-electron chi connectivity index (χ4n) is 3.08. The molecule has 0 fully saturated rings. The molecule has 0 rings (SSSR count). The van der Waals surface area contributed by atoms with Gasteiger partial charge in [-0.25, -0.2) is 4.79 Å². The zero-order chi connectivity index (χ0) is 25.4. The summed E-state index contributed by atoms with van der Waals surface area (Å²) in [5, 5.41) is 25.8. The first-order chi connectivity index (χ1) is 15.6. The molecule has 0 saturated heterocycles. The van der Waals surface area contributed by atoms with E-state index in [1.807, 2.05) is 6.92 Å². The number of rotatable bonds is 18. The fraction of sp³-hybridized carbons (Fsp3) is 0.810. The Morgan fingerprint density at radius 2 is 1.36 bits per heavy atom. The number of nitrogens with two attached hydrogens (primary N) is 3. The largest absolute Gasteiger partial charge is 0.480 e. The van der Waals surface area contributed by atoms with Crippen LogP contribution in [0.4, 0.5) is 0 Å². The van der Waals surface area contributed by atoms with Crippen molar-refractivity contribution in [3.05, 3.63) is 0 Å². The Labute approximate surface area is 195 Å². The van der Waals surface area contributed by atoms with Crippen LogP contribution in [0.3, 0.4) is 0 Å². The van der Waals surface area contributed by atoms with Gasteiger partial charge in [0, 0.05) is 0 Å². The van der Waals surface area contributed by atoms with Crippen molar-refractivity contribution in [1.29, 1.82) is 0 Å². The lowest BCUT2D eigenvalue weighted by Gasteiger charge is -2.28. The summed E-state index contributed by atoms with van der Waals surface area (Å²) >= 11 is 0. The Hall–Kier alpha value is -2.28. The lowest BCUT2D eigenvalue weighted by atomic mass is 9.97. The van der Waals surface area contributed by atoms with Crippen LogP contribution in [0.5, 0.6) is 0 Å². The maximum absolute atomic E-state index is 13.0. The van der Waals surface area contributed by atoms with Gasteiger partial charge in [-0.15, -0.1) is 0 Å². The molecule has 0 saturated carbocycles. The third-order valence-electron chi connectivity index (χ3n) is 5.48. The first kappa shape index (κ1) is 30.7. The molecule has 0 aliphatic rings. The van der Waals surface area contributed by atoms with Gasteiger partial charge in [-0.1, -0.05) is 26.7 Å². The second-order valence-electron chi connectivity index (χ2n) is 8.19. The summed E-state index contributed by atoms with van der Waals surface area (Å²) in [6, 6.07) is -4.27. The van der Waals surface area contributed by atoms with E-state index in [9.17, 15) is 24.3 Å². The molecule has 5 unspecified atom stereocenters. The summed E-state index contributed by atoms with van der Waals surface area (Å²) in [6.45, 7) is 3.68. The standard InChI is InChI=1S/C21H42N6O6/c1-3-13(2)17(20(31)26-16(12-28)21(32)33)27-19(30)15(9-5-7-11-23)25-18(29)14(24)8-4-6-10-22/h13-17,28H,3-12,22-24H2,1-2H3,(H,25,29)(H,26,31)(H,27,30)(H,32,33). The van der Waals surface area contributed by atoms with Crippen LogP contribution in [0.1, 0.15) is 58.8 Å². The number of nitrogens with one attached hydrogen (secondary N) is 3. The van der Waals surface area contributed by atoms with Crippen molar-refractivity contribution in [3.8, 4) is 0 Å². The van der Waals surface area contributed by atoms with Gasteiger partial charge in [0.2, 0.25) is 17.7 Å². The van der Waals surface area contributed by atoms with Gasteiger partial charge in [-0.05, 0) is 51.1 Å². The molecule has 0 heterocycles. The Bertz CT molecular complexity index is 620. The molecular weight excluding hydrogens is 432 g/mol. The lowest BCUT2D eigenvalue weighted by Crippen LogP contribution is -2.59. The molecule has 192 valence electrons. The number of unbranched alkanes of at least 4 members (excludes halogenated alkanes) is 2. The second-order valence-corrected chi connectivity index (χ2v) is 8.19. The summed E-state index contributed by atoms with van der Waals surface area (Å²) < 4.78 is 0. The van der Waals surface area contributed by atoms with E-state index < -0.39 is 54.5 Å². The number of aliphatic carboxylic acids is 1. The van der Waals surface area contributed by atoms with Crippen molar-refractivity contribution in [2.24, 2.45) is 23.1 Å². The minimum atomic E-state index is -1.49. The first-order valence-electron chi connectivity index (χ1n) is 11.5. The summed E-state index contributed by atoms with van der Waals surface area (Å²) in [5.41, 5.74) is 16.9. The molecule has 3 amide bonds. The van der Waals surface area contributed by atoms with Crippen molar-refractivity contribution < 1.29 is 29.4 Å². The molecule has 0 aromatic heterocycles. The van der Waals surface area contributed by atoms with Gasteiger partial charge in [0.1, 0.15) is 18.1 Å². The number of amides is 3. The first-order valence-corrected chi connectivity index (χ1v) is 11.5. The highest BCUT2D eigenvalue weighted by molar-refractivity contribution is 5.94. The quantitative estimate of drug-likeness (QED) is 0.104.